The molecule has 2 fully saturated rings. The van der Waals surface area contributed by atoms with Crippen molar-refractivity contribution < 1.29 is 14.3 Å². The highest BCUT2D eigenvalue weighted by atomic mass is 16.5. The van der Waals surface area contributed by atoms with Gasteiger partial charge in [0.25, 0.3) is 0 Å². The molecule has 1 aromatic heterocycles. The topological polar surface area (TPSA) is 71.5 Å². The Labute approximate surface area is 171 Å². The molecule has 0 atom stereocenters. The summed E-state index contributed by atoms with van der Waals surface area (Å²) >= 11 is 0. The predicted molar refractivity (Wildman–Crippen MR) is 112 cm³/mol. The van der Waals surface area contributed by atoms with E-state index in [-0.39, 0.29) is 24.0 Å². The lowest BCUT2D eigenvalue weighted by Crippen LogP contribution is -2.42. The van der Waals surface area contributed by atoms with Crippen LogP contribution >= 0.6 is 0 Å². The van der Waals surface area contributed by atoms with E-state index >= 15 is 0 Å². The maximum atomic E-state index is 12.3. The van der Waals surface area contributed by atoms with E-state index in [1.807, 2.05) is 35.4 Å². The van der Waals surface area contributed by atoms with E-state index in [1.165, 1.54) is 0 Å². The Balaban J connectivity index is 1.22. The molecule has 2 aliphatic rings. The molecule has 0 spiro atoms. The molecule has 2 heterocycles. The Bertz CT molecular complexity index is 856. The molecule has 1 aromatic carbocycles. The van der Waals surface area contributed by atoms with Gasteiger partial charge in [0, 0.05) is 55.1 Å². The van der Waals surface area contributed by atoms with Crippen molar-refractivity contribution in [3.63, 3.8) is 0 Å². The van der Waals surface area contributed by atoms with Crippen LogP contribution in [0.1, 0.15) is 51.4 Å². The molecule has 0 radical (unpaired) electrons. The number of likely N-dealkylation sites (tertiary alicyclic amines) is 1. The van der Waals surface area contributed by atoms with Crippen molar-refractivity contribution in [3.8, 4) is 5.75 Å². The minimum Gasteiger partial charge on any atom is -0.490 e. The van der Waals surface area contributed by atoms with Gasteiger partial charge in [-0.15, -0.1) is 0 Å². The second-order valence-corrected chi connectivity index (χ2v) is 8.10. The number of rotatable bonds is 6. The van der Waals surface area contributed by atoms with E-state index in [2.05, 4.69) is 10.3 Å². The van der Waals surface area contributed by atoms with Crippen molar-refractivity contribution in [3.05, 3.63) is 36.7 Å². The minimum absolute atomic E-state index is 0.0503. The summed E-state index contributed by atoms with van der Waals surface area (Å²) in [4.78, 5) is 30.1. The number of piperidine rings is 1. The molecule has 1 aliphatic heterocycles. The van der Waals surface area contributed by atoms with E-state index in [4.69, 9.17) is 4.74 Å². The molecule has 0 bridgehead atoms. The molecule has 1 saturated heterocycles. The van der Waals surface area contributed by atoms with Gasteiger partial charge >= 0.3 is 0 Å². The van der Waals surface area contributed by atoms with Crippen LogP contribution in [0.3, 0.4) is 0 Å². The molecule has 0 unspecified atom stereocenters. The molecule has 6 nitrogen and oxygen atoms in total. The molecule has 1 saturated carbocycles. The van der Waals surface area contributed by atoms with Crippen LogP contribution < -0.4 is 10.1 Å². The summed E-state index contributed by atoms with van der Waals surface area (Å²) in [6.45, 7) is 1.33. The first-order chi connectivity index (χ1) is 14.2. The zero-order valence-electron chi connectivity index (χ0n) is 16.8. The number of nitrogens with zero attached hydrogens (tertiary/aromatic N) is 2. The molecule has 4 rings (SSSR count). The minimum atomic E-state index is 0.0503. The molecule has 1 aliphatic carbocycles. The fourth-order valence-electron chi connectivity index (χ4n) is 4.33. The number of nitrogens with one attached hydrogen (secondary N) is 1. The van der Waals surface area contributed by atoms with Gasteiger partial charge in [-0.2, -0.15) is 0 Å². The number of aromatic nitrogens is 1. The largest absolute Gasteiger partial charge is 0.490 e. The van der Waals surface area contributed by atoms with Gasteiger partial charge in [0.1, 0.15) is 5.75 Å². The van der Waals surface area contributed by atoms with Crippen LogP contribution in [0.2, 0.25) is 0 Å². The first-order valence-electron chi connectivity index (χ1n) is 10.8. The number of amides is 2. The first kappa shape index (κ1) is 19.7. The second-order valence-electron chi connectivity index (χ2n) is 8.10. The Morgan fingerprint density at radius 3 is 2.86 bits per heavy atom. The molecular formula is C23H29N3O3. The van der Waals surface area contributed by atoms with Crippen LogP contribution in [0.5, 0.6) is 5.75 Å². The van der Waals surface area contributed by atoms with Crippen molar-refractivity contribution in [2.24, 2.45) is 0 Å². The van der Waals surface area contributed by atoms with Crippen LogP contribution in [0.25, 0.3) is 10.8 Å². The molecule has 6 heteroatoms. The number of hydrogen-bond acceptors (Lipinski definition) is 4. The number of ether oxygens (including phenoxy) is 1. The van der Waals surface area contributed by atoms with Crippen molar-refractivity contribution in [2.75, 3.05) is 13.1 Å². The number of carbonyl (C=O) groups excluding carboxylic acids is 2. The fraction of sp³-hybridized carbons (Fsp3) is 0.522. The molecule has 154 valence electrons. The van der Waals surface area contributed by atoms with Crippen LogP contribution in [0.15, 0.2) is 36.7 Å². The Morgan fingerprint density at radius 1 is 1.17 bits per heavy atom. The number of pyridine rings is 1. The van der Waals surface area contributed by atoms with Crippen LogP contribution in [-0.4, -0.2) is 46.9 Å². The Hall–Kier alpha value is -2.63. The van der Waals surface area contributed by atoms with E-state index < -0.39 is 0 Å². The van der Waals surface area contributed by atoms with E-state index in [1.54, 1.807) is 6.20 Å². The quantitative estimate of drug-likeness (QED) is 0.813. The molecule has 2 aromatic rings. The average Bonchev–Trinajstić information content (AvgIpc) is 2.75. The maximum absolute atomic E-state index is 12.3. The summed E-state index contributed by atoms with van der Waals surface area (Å²) in [6.07, 6.45) is 10.6. The van der Waals surface area contributed by atoms with E-state index in [0.717, 1.165) is 61.6 Å². The molecule has 2 amide bonds. The van der Waals surface area contributed by atoms with Gasteiger partial charge < -0.3 is 15.0 Å². The second kappa shape index (κ2) is 9.25. The third-order valence-corrected chi connectivity index (χ3v) is 6.00. The van der Waals surface area contributed by atoms with Crippen LogP contribution in [0.4, 0.5) is 0 Å². The summed E-state index contributed by atoms with van der Waals surface area (Å²) in [6, 6.07) is 8.25. The first-order valence-corrected chi connectivity index (χ1v) is 10.8. The Morgan fingerprint density at radius 2 is 2.03 bits per heavy atom. The predicted octanol–water partition coefficient (Wildman–Crippen LogP) is 3.44. The van der Waals surface area contributed by atoms with Gasteiger partial charge in [-0.05, 0) is 50.7 Å². The lowest BCUT2D eigenvalue weighted by Gasteiger charge is -2.30. The van der Waals surface area contributed by atoms with Crippen molar-refractivity contribution in [2.45, 2.75) is 63.5 Å². The highest BCUT2D eigenvalue weighted by molar-refractivity contribution is 5.87. The van der Waals surface area contributed by atoms with Gasteiger partial charge in [-0.1, -0.05) is 12.1 Å². The van der Waals surface area contributed by atoms with Crippen molar-refractivity contribution in [1.82, 2.24) is 15.2 Å². The number of hydrogen-bond donors (Lipinski definition) is 1. The standard InChI is InChI=1S/C23H29N3O3/c27-22(12-15-26-14-2-1-6-23(26)28)25-18-7-9-19(10-8-18)29-21-5-3-4-17-16-24-13-11-20(17)21/h3-5,11,13,16,18-19H,1-2,6-10,12,14-15H2,(H,25,27). The third-order valence-electron chi connectivity index (χ3n) is 6.00. The van der Waals surface area contributed by atoms with Crippen molar-refractivity contribution in [1.29, 1.82) is 0 Å². The zero-order chi connectivity index (χ0) is 20.1. The van der Waals surface area contributed by atoms with Gasteiger partial charge in [0.2, 0.25) is 11.8 Å². The summed E-state index contributed by atoms with van der Waals surface area (Å²) in [7, 11) is 0. The molecular weight excluding hydrogens is 366 g/mol. The van der Waals surface area contributed by atoms with Crippen LogP contribution in [-0.2, 0) is 9.59 Å². The zero-order valence-corrected chi connectivity index (χ0v) is 16.8. The van der Waals surface area contributed by atoms with Gasteiger partial charge in [-0.25, -0.2) is 0 Å². The van der Waals surface area contributed by atoms with Crippen LogP contribution in [0, 0.1) is 0 Å². The third kappa shape index (κ3) is 5.05. The monoisotopic (exact) mass is 395 g/mol. The number of fused-ring (bicyclic) bond motifs is 1. The lowest BCUT2D eigenvalue weighted by molar-refractivity contribution is -0.133. The summed E-state index contributed by atoms with van der Waals surface area (Å²) in [5.74, 6) is 1.14. The van der Waals surface area contributed by atoms with Gasteiger partial charge in [-0.3, -0.25) is 14.6 Å². The molecule has 29 heavy (non-hydrogen) atoms. The fourth-order valence-corrected chi connectivity index (χ4v) is 4.33. The highest BCUT2D eigenvalue weighted by Gasteiger charge is 2.25. The molecule has 1 N–H and O–H groups in total. The van der Waals surface area contributed by atoms with Crippen molar-refractivity contribution >= 4 is 22.6 Å². The van der Waals surface area contributed by atoms with Gasteiger partial charge in [0.15, 0.2) is 0 Å². The maximum Gasteiger partial charge on any atom is 0.222 e. The number of carbonyl (C=O) groups is 2. The summed E-state index contributed by atoms with van der Waals surface area (Å²) in [5.41, 5.74) is 0. The number of benzene rings is 1. The summed E-state index contributed by atoms with van der Waals surface area (Å²) < 4.78 is 6.28. The summed E-state index contributed by atoms with van der Waals surface area (Å²) in [5, 5.41) is 5.32. The van der Waals surface area contributed by atoms with Gasteiger partial charge in [0.05, 0.1) is 6.10 Å². The smallest absolute Gasteiger partial charge is 0.222 e. The van der Waals surface area contributed by atoms with E-state index in [9.17, 15) is 9.59 Å². The average molecular weight is 396 g/mol. The van der Waals surface area contributed by atoms with E-state index in [0.29, 0.717) is 19.4 Å². The Kier molecular flexibility index (Phi) is 6.27. The normalized spacial score (nSPS) is 22.5. The lowest BCUT2D eigenvalue weighted by atomic mass is 9.92. The SMILES string of the molecule is O=C(CCN1CCCCC1=O)NC1CCC(Oc2cccc3cnccc23)CC1. The highest BCUT2D eigenvalue weighted by Crippen LogP contribution is 2.29.